The van der Waals surface area contributed by atoms with Crippen LogP contribution in [0.2, 0.25) is 0 Å². The molecule has 2 aromatic carbocycles. The van der Waals surface area contributed by atoms with Crippen LogP contribution in [0, 0.1) is 0 Å². The van der Waals surface area contributed by atoms with Crippen LogP contribution in [0.4, 0.5) is 0 Å². The number of rotatable bonds is 7. The van der Waals surface area contributed by atoms with Crippen molar-refractivity contribution in [3.05, 3.63) is 53.6 Å². The van der Waals surface area contributed by atoms with Crippen molar-refractivity contribution >= 4 is 23.7 Å². The first-order valence-electron chi connectivity index (χ1n) is 7.02. The molecule has 0 atom stereocenters. The van der Waals surface area contributed by atoms with Crippen LogP contribution in [0.5, 0.6) is 5.75 Å². The lowest BCUT2D eigenvalue weighted by Crippen LogP contribution is -2.02. The lowest BCUT2D eigenvalue weighted by Gasteiger charge is -2.08. The van der Waals surface area contributed by atoms with Crippen molar-refractivity contribution in [3.8, 4) is 5.75 Å². The third-order valence-electron chi connectivity index (χ3n) is 2.98. The zero-order chi connectivity index (χ0) is 16.8. The highest BCUT2D eigenvalue weighted by molar-refractivity contribution is 7.99. The molecule has 2 aromatic rings. The zero-order valence-electron chi connectivity index (χ0n) is 12.5. The zero-order valence-corrected chi connectivity index (χ0v) is 13.3. The molecule has 0 heterocycles. The van der Waals surface area contributed by atoms with Gasteiger partial charge in [-0.05, 0) is 48.9 Å². The van der Waals surface area contributed by atoms with E-state index in [4.69, 9.17) is 9.84 Å². The van der Waals surface area contributed by atoms with E-state index < -0.39 is 11.9 Å². The Bertz CT molecular complexity index is 709. The van der Waals surface area contributed by atoms with Crippen LogP contribution in [0.25, 0.3) is 0 Å². The number of carbonyl (C=O) groups is 2. The highest BCUT2D eigenvalue weighted by Gasteiger charge is 2.14. The van der Waals surface area contributed by atoms with Crippen molar-refractivity contribution in [2.24, 2.45) is 0 Å². The van der Waals surface area contributed by atoms with Crippen LogP contribution in [0.1, 0.15) is 34.1 Å². The molecule has 0 saturated heterocycles. The van der Waals surface area contributed by atoms with E-state index in [2.05, 4.69) is 0 Å². The third-order valence-corrected chi connectivity index (χ3v) is 4.05. The molecule has 0 aromatic heterocycles. The molecule has 0 radical (unpaired) electrons. The molecule has 6 heteroatoms. The molecular weight excluding hydrogens is 316 g/mol. The van der Waals surface area contributed by atoms with Gasteiger partial charge in [0.2, 0.25) is 0 Å². The van der Waals surface area contributed by atoms with E-state index in [1.54, 1.807) is 12.1 Å². The summed E-state index contributed by atoms with van der Waals surface area (Å²) in [5.74, 6) is -1.44. The molecular formula is C17H16O5S. The van der Waals surface area contributed by atoms with Crippen molar-refractivity contribution < 1.29 is 24.5 Å². The summed E-state index contributed by atoms with van der Waals surface area (Å²) < 4.78 is 5.49. The van der Waals surface area contributed by atoms with Gasteiger partial charge in [-0.3, -0.25) is 0 Å². The largest absolute Gasteiger partial charge is 0.494 e. The van der Waals surface area contributed by atoms with Crippen molar-refractivity contribution in [1.29, 1.82) is 0 Å². The Morgan fingerprint density at radius 3 is 2.30 bits per heavy atom. The number of carboxylic acids is 2. The molecule has 0 fully saturated rings. The molecule has 0 saturated carbocycles. The molecule has 2 rings (SSSR count). The van der Waals surface area contributed by atoms with Crippen LogP contribution < -0.4 is 4.74 Å². The Balaban J connectivity index is 2.25. The van der Waals surface area contributed by atoms with Gasteiger partial charge in [0.25, 0.3) is 0 Å². The Hall–Kier alpha value is -2.47. The van der Waals surface area contributed by atoms with Gasteiger partial charge in [-0.1, -0.05) is 18.7 Å². The van der Waals surface area contributed by atoms with Gasteiger partial charge in [0.05, 0.1) is 17.7 Å². The fourth-order valence-electron chi connectivity index (χ4n) is 1.87. The van der Waals surface area contributed by atoms with E-state index >= 15 is 0 Å². The quantitative estimate of drug-likeness (QED) is 0.796. The van der Waals surface area contributed by atoms with Gasteiger partial charge in [0.1, 0.15) is 5.75 Å². The molecule has 0 bridgehead atoms. The minimum atomic E-state index is -1.09. The van der Waals surface area contributed by atoms with E-state index in [0.29, 0.717) is 11.5 Å². The molecule has 23 heavy (non-hydrogen) atoms. The summed E-state index contributed by atoms with van der Waals surface area (Å²) in [6.07, 6.45) is 0.917. The summed E-state index contributed by atoms with van der Waals surface area (Å²) in [5, 5.41) is 18.3. The van der Waals surface area contributed by atoms with Gasteiger partial charge in [-0.25, -0.2) is 9.59 Å². The van der Waals surface area contributed by atoms with Crippen LogP contribution in [-0.4, -0.2) is 28.8 Å². The summed E-state index contributed by atoms with van der Waals surface area (Å²) in [6.45, 7) is 2.66. The summed E-state index contributed by atoms with van der Waals surface area (Å²) in [6, 6.07) is 11.2. The maximum Gasteiger partial charge on any atom is 0.336 e. The topological polar surface area (TPSA) is 83.8 Å². The highest BCUT2D eigenvalue weighted by atomic mass is 32.2. The Kier molecular flexibility index (Phi) is 5.65. The Morgan fingerprint density at radius 2 is 1.74 bits per heavy atom. The summed E-state index contributed by atoms with van der Waals surface area (Å²) in [5.41, 5.74) is 0.131. The summed E-state index contributed by atoms with van der Waals surface area (Å²) >= 11 is 1.21. The summed E-state index contributed by atoms with van der Waals surface area (Å²) in [4.78, 5) is 23.5. The molecule has 2 N–H and O–H groups in total. The molecule has 0 aliphatic carbocycles. The SMILES string of the molecule is CCCOc1ccc(Sc2cc(C(=O)O)ccc2C(=O)O)cc1. The van der Waals surface area contributed by atoms with Gasteiger partial charge in [0.15, 0.2) is 0 Å². The van der Waals surface area contributed by atoms with Gasteiger partial charge in [-0.15, -0.1) is 0 Å². The predicted molar refractivity (Wildman–Crippen MR) is 86.7 cm³/mol. The predicted octanol–water partition coefficient (Wildman–Crippen LogP) is 4.02. The number of carboxylic acid groups (broad SMARTS) is 2. The van der Waals surface area contributed by atoms with Crippen LogP contribution >= 0.6 is 11.8 Å². The lowest BCUT2D eigenvalue weighted by atomic mass is 10.1. The first-order valence-corrected chi connectivity index (χ1v) is 7.84. The molecule has 5 nitrogen and oxygen atoms in total. The van der Waals surface area contributed by atoms with E-state index in [-0.39, 0.29) is 11.1 Å². The normalized spacial score (nSPS) is 10.3. The number of hydrogen-bond acceptors (Lipinski definition) is 4. The number of aromatic carboxylic acids is 2. The van der Waals surface area contributed by atoms with Crippen LogP contribution in [0.3, 0.4) is 0 Å². The van der Waals surface area contributed by atoms with E-state index in [9.17, 15) is 14.7 Å². The Morgan fingerprint density at radius 1 is 1.04 bits per heavy atom. The average molecular weight is 332 g/mol. The fourth-order valence-corrected chi connectivity index (χ4v) is 2.84. The van der Waals surface area contributed by atoms with Crippen molar-refractivity contribution in [2.45, 2.75) is 23.1 Å². The lowest BCUT2D eigenvalue weighted by molar-refractivity contribution is 0.0678. The average Bonchev–Trinajstić information content (AvgIpc) is 2.54. The van der Waals surface area contributed by atoms with Gasteiger partial charge in [-0.2, -0.15) is 0 Å². The third kappa shape index (κ3) is 4.50. The maximum absolute atomic E-state index is 11.3. The second kappa shape index (κ2) is 7.69. The molecule has 0 aliphatic rings. The summed E-state index contributed by atoms with van der Waals surface area (Å²) in [7, 11) is 0. The van der Waals surface area contributed by atoms with E-state index in [0.717, 1.165) is 17.1 Å². The van der Waals surface area contributed by atoms with Crippen molar-refractivity contribution in [1.82, 2.24) is 0 Å². The second-order valence-corrected chi connectivity index (χ2v) is 5.86. The van der Waals surface area contributed by atoms with Gasteiger partial charge < -0.3 is 14.9 Å². The van der Waals surface area contributed by atoms with E-state index in [1.165, 1.54) is 30.0 Å². The van der Waals surface area contributed by atoms with Gasteiger partial charge >= 0.3 is 11.9 Å². The van der Waals surface area contributed by atoms with Gasteiger partial charge in [0, 0.05) is 9.79 Å². The van der Waals surface area contributed by atoms with Crippen molar-refractivity contribution in [2.75, 3.05) is 6.61 Å². The standard InChI is InChI=1S/C17H16O5S/c1-2-9-22-12-4-6-13(7-5-12)23-15-10-11(16(18)19)3-8-14(15)17(20)21/h3-8,10H,2,9H2,1H3,(H,18,19)(H,20,21). The highest BCUT2D eigenvalue weighted by Crippen LogP contribution is 2.32. The molecule has 0 spiro atoms. The number of ether oxygens (including phenoxy) is 1. The number of benzene rings is 2. The molecule has 120 valence electrons. The Labute approximate surface area is 137 Å². The fraction of sp³-hybridized carbons (Fsp3) is 0.176. The minimum Gasteiger partial charge on any atom is -0.494 e. The monoisotopic (exact) mass is 332 g/mol. The van der Waals surface area contributed by atoms with Crippen molar-refractivity contribution in [3.63, 3.8) is 0 Å². The molecule has 0 aliphatic heterocycles. The molecule has 0 unspecified atom stereocenters. The first kappa shape index (κ1) is 16.9. The van der Waals surface area contributed by atoms with Crippen LogP contribution in [-0.2, 0) is 0 Å². The maximum atomic E-state index is 11.3. The number of hydrogen-bond donors (Lipinski definition) is 2. The molecule has 0 amide bonds. The van der Waals surface area contributed by atoms with Crippen LogP contribution in [0.15, 0.2) is 52.3 Å². The first-order chi connectivity index (χ1) is 11.0. The minimum absolute atomic E-state index is 0.0559. The second-order valence-electron chi connectivity index (χ2n) is 4.74. The smallest absolute Gasteiger partial charge is 0.336 e. The van der Waals surface area contributed by atoms with E-state index in [1.807, 2.05) is 19.1 Å².